The summed E-state index contributed by atoms with van der Waals surface area (Å²) in [5, 5.41) is 3.16. The lowest BCUT2D eigenvalue weighted by Crippen LogP contribution is -2.30. The van der Waals surface area contributed by atoms with E-state index in [1.807, 2.05) is 24.3 Å². The smallest absolute Gasteiger partial charge is 0.272 e. The Kier molecular flexibility index (Phi) is 5.58. The van der Waals surface area contributed by atoms with Crippen LogP contribution in [0, 0.1) is 6.92 Å². The molecule has 0 atom stereocenters. The SMILES string of the molecule is Cc1nc(NCc2ccco2)cc(C(=O)N(C)CCc2ccncc2)n1. The van der Waals surface area contributed by atoms with Crippen molar-refractivity contribution in [3.05, 3.63) is 71.8 Å². The summed E-state index contributed by atoms with van der Waals surface area (Å²) in [7, 11) is 1.77. The normalized spacial score (nSPS) is 10.5. The molecule has 7 nitrogen and oxygen atoms in total. The molecule has 0 spiro atoms. The van der Waals surface area contributed by atoms with Gasteiger partial charge in [-0.2, -0.15) is 0 Å². The maximum atomic E-state index is 12.7. The van der Waals surface area contributed by atoms with E-state index in [-0.39, 0.29) is 5.91 Å². The summed E-state index contributed by atoms with van der Waals surface area (Å²) in [6.07, 6.45) is 5.89. The third-order valence-electron chi connectivity index (χ3n) is 3.91. The van der Waals surface area contributed by atoms with E-state index in [9.17, 15) is 4.79 Å². The zero-order valence-electron chi connectivity index (χ0n) is 14.8. The maximum Gasteiger partial charge on any atom is 0.272 e. The number of pyridine rings is 1. The summed E-state index contributed by atoms with van der Waals surface area (Å²) in [6.45, 7) is 2.86. The summed E-state index contributed by atoms with van der Waals surface area (Å²) in [6, 6.07) is 9.27. The fourth-order valence-electron chi connectivity index (χ4n) is 2.50. The molecule has 3 heterocycles. The van der Waals surface area contributed by atoms with E-state index in [1.54, 1.807) is 43.6 Å². The lowest BCUT2D eigenvalue weighted by molar-refractivity contribution is 0.0790. The molecule has 0 unspecified atom stereocenters. The summed E-state index contributed by atoms with van der Waals surface area (Å²) < 4.78 is 5.29. The number of anilines is 1. The topological polar surface area (TPSA) is 84.2 Å². The van der Waals surface area contributed by atoms with Crippen LogP contribution in [0.5, 0.6) is 0 Å². The van der Waals surface area contributed by atoms with Crippen LogP contribution in [0.3, 0.4) is 0 Å². The molecule has 3 aromatic heterocycles. The summed E-state index contributed by atoms with van der Waals surface area (Å²) in [4.78, 5) is 27.0. The van der Waals surface area contributed by atoms with Crippen molar-refractivity contribution in [3.63, 3.8) is 0 Å². The number of amides is 1. The van der Waals surface area contributed by atoms with Gasteiger partial charge in [-0.15, -0.1) is 0 Å². The van der Waals surface area contributed by atoms with E-state index >= 15 is 0 Å². The third kappa shape index (κ3) is 4.66. The molecule has 0 radical (unpaired) electrons. The van der Waals surface area contributed by atoms with Crippen LogP contribution in [-0.4, -0.2) is 39.4 Å². The van der Waals surface area contributed by atoms with Crippen molar-refractivity contribution in [2.75, 3.05) is 18.9 Å². The van der Waals surface area contributed by atoms with Crippen LogP contribution in [0.4, 0.5) is 5.82 Å². The minimum absolute atomic E-state index is 0.134. The first-order valence-electron chi connectivity index (χ1n) is 8.38. The predicted octanol–water partition coefficient (Wildman–Crippen LogP) is 2.70. The molecule has 0 aromatic carbocycles. The Bertz CT molecular complexity index is 850. The fraction of sp³-hybridized carbons (Fsp3) is 0.263. The number of likely N-dealkylation sites (N-methyl/N-ethyl adjacent to an activating group) is 1. The molecule has 26 heavy (non-hydrogen) atoms. The number of furan rings is 1. The van der Waals surface area contributed by atoms with Crippen molar-refractivity contribution >= 4 is 11.7 Å². The highest BCUT2D eigenvalue weighted by molar-refractivity contribution is 5.92. The molecular weight excluding hydrogens is 330 g/mol. The second kappa shape index (κ2) is 8.24. The van der Waals surface area contributed by atoms with Crippen molar-refractivity contribution in [2.45, 2.75) is 19.9 Å². The first-order valence-corrected chi connectivity index (χ1v) is 8.38. The molecular formula is C19H21N5O2. The van der Waals surface area contributed by atoms with Crippen LogP contribution in [-0.2, 0) is 13.0 Å². The number of nitrogens with zero attached hydrogens (tertiary/aromatic N) is 4. The molecule has 3 aromatic rings. The van der Waals surface area contributed by atoms with Gasteiger partial charge in [-0.25, -0.2) is 9.97 Å². The lowest BCUT2D eigenvalue weighted by Gasteiger charge is -2.17. The van der Waals surface area contributed by atoms with E-state index in [2.05, 4.69) is 20.3 Å². The summed E-state index contributed by atoms with van der Waals surface area (Å²) in [5.41, 5.74) is 1.51. The Hall–Kier alpha value is -3.22. The minimum atomic E-state index is -0.134. The van der Waals surface area contributed by atoms with Gasteiger partial charge in [0.25, 0.3) is 5.91 Å². The van der Waals surface area contributed by atoms with Gasteiger partial charge < -0.3 is 14.6 Å². The van der Waals surface area contributed by atoms with Crippen LogP contribution in [0.2, 0.25) is 0 Å². The Labute approximate surface area is 152 Å². The number of carbonyl (C=O) groups excluding carboxylic acids is 1. The number of carbonyl (C=O) groups is 1. The number of hydrogen-bond acceptors (Lipinski definition) is 6. The molecule has 0 saturated heterocycles. The van der Waals surface area contributed by atoms with Gasteiger partial charge in [0.15, 0.2) is 0 Å². The molecule has 0 aliphatic heterocycles. The van der Waals surface area contributed by atoms with E-state index in [0.29, 0.717) is 30.4 Å². The largest absolute Gasteiger partial charge is 0.467 e. The van der Waals surface area contributed by atoms with Gasteiger partial charge in [0.1, 0.15) is 23.1 Å². The van der Waals surface area contributed by atoms with Gasteiger partial charge >= 0.3 is 0 Å². The molecule has 134 valence electrons. The highest BCUT2D eigenvalue weighted by Crippen LogP contribution is 2.11. The van der Waals surface area contributed by atoms with Crippen LogP contribution in [0.15, 0.2) is 53.4 Å². The molecule has 0 aliphatic carbocycles. The average Bonchev–Trinajstić information content (AvgIpc) is 3.18. The van der Waals surface area contributed by atoms with Crippen molar-refractivity contribution in [1.29, 1.82) is 0 Å². The van der Waals surface area contributed by atoms with Gasteiger partial charge in [0, 0.05) is 32.1 Å². The number of hydrogen-bond donors (Lipinski definition) is 1. The molecule has 0 fully saturated rings. The number of nitrogens with one attached hydrogen (secondary N) is 1. The summed E-state index contributed by atoms with van der Waals surface area (Å²) in [5.74, 6) is 1.80. The van der Waals surface area contributed by atoms with Crippen molar-refractivity contribution < 1.29 is 9.21 Å². The Morgan fingerprint density at radius 1 is 1.23 bits per heavy atom. The first kappa shape index (κ1) is 17.6. The van der Waals surface area contributed by atoms with Crippen LogP contribution >= 0.6 is 0 Å². The van der Waals surface area contributed by atoms with E-state index in [1.165, 1.54) is 0 Å². The van der Waals surface area contributed by atoms with E-state index in [0.717, 1.165) is 17.7 Å². The lowest BCUT2D eigenvalue weighted by atomic mass is 10.2. The average molecular weight is 351 g/mol. The van der Waals surface area contributed by atoms with E-state index < -0.39 is 0 Å². The van der Waals surface area contributed by atoms with E-state index in [4.69, 9.17) is 4.42 Å². The molecule has 7 heteroatoms. The number of aromatic nitrogens is 3. The third-order valence-corrected chi connectivity index (χ3v) is 3.91. The minimum Gasteiger partial charge on any atom is -0.467 e. The highest BCUT2D eigenvalue weighted by Gasteiger charge is 2.15. The molecule has 0 saturated carbocycles. The Morgan fingerprint density at radius 2 is 2.04 bits per heavy atom. The first-order chi connectivity index (χ1) is 12.6. The number of rotatable bonds is 7. The standard InChI is InChI=1S/C19H21N5O2/c1-14-22-17(12-18(23-14)21-13-16-4-3-11-26-16)19(25)24(2)10-7-15-5-8-20-9-6-15/h3-6,8-9,11-12H,7,10,13H2,1-2H3,(H,21,22,23). The predicted molar refractivity (Wildman–Crippen MR) is 97.7 cm³/mol. The zero-order chi connectivity index (χ0) is 18.4. The van der Waals surface area contributed by atoms with Gasteiger partial charge in [-0.1, -0.05) is 0 Å². The molecule has 1 amide bonds. The molecule has 3 rings (SSSR count). The zero-order valence-corrected chi connectivity index (χ0v) is 14.8. The van der Waals surface area contributed by atoms with Crippen molar-refractivity contribution in [3.8, 4) is 0 Å². The van der Waals surface area contributed by atoms with Gasteiger partial charge in [-0.05, 0) is 43.2 Å². The van der Waals surface area contributed by atoms with Gasteiger partial charge in [0.2, 0.25) is 0 Å². The molecule has 0 bridgehead atoms. The maximum absolute atomic E-state index is 12.7. The number of aryl methyl sites for hydroxylation is 1. The second-order valence-corrected chi connectivity index (χ2v) is 5.95. The second-order valence-electron chi connectivity index (χ2n) is 5.95. The quantitative estimate of drug-likeness (QED) is 0.704. The summed E-state index contributed by atoms with van der Waals surface area (Å²) >= 11 is 0. The van der Waals surface area contributed by atoms with Crippen LogP contribution in [0.1, 0.15) is 27.6 Å². The fourth-order valence-corrected chi connectivity index (χ4v) is 2.50. The Balaban J connectivity index is 1.64. The highest BCUT2D eigenvalue weighted by atomic mass is 16.3. The monoisotopic (exact) mass is 351 g/mol. The Morgan fingerprint density at radius 3 is 2.77 bits per heavy atom. The molecule has 0 aliphatic rings. The van der Waals surface area contributed by atoms with Crippen molar-refractivity contribution in [1.82, 2.24) is 19.9 Å². The van der Waals surface area contributed by atoms with Crippen LogP contribution in [0.25, 0.3) is 0 Å². The van der Waals surface area contributed by atoms with Gasteiger partial charge in [-0.3, -0.25) is 9.78 Å². The van der Waals surface area contributed by atoms with Crippen molar-refractivity contribution in [2.24, 2.45) is 0 Å². The van der Waals surface area contributed by atoms with Gasteiger partial charge in [0.05, 0.1) is 12.8 Å². The molecule has 1 N–H and O–H groups in total. The van der Waals surface area contributed by atoms with Crippen LogP contribution < -0.4 is 5.32 Å².